The Bertz CT molecular complexity index is 850. The zero-order chi connectivity index (χ0) is 18.8. The van der Waals surface area contributed by atoms with Gasteiger partial charge in [0.15, 0.2) is 0 Å². The van der Waals surface area contributed by atoms with Crippen molar-refractivity contribution in [1.29, 1.82) is 5.26 Å². The number of aliphatic hydroxyl groups is 1. The van der Waals surface area contributed by atoms with Crippen molar-refractivity contribution in [3.05, 3.63) is 64.7 Å². The minimum absolute atomic E-state index is 0.198. The molecule has 2 aliphatic rings. The molecule has 4 atom stereocenters. The summed E-state index contributed by atoms with van der Waals surface area (Å²) in [7, 11) is 0. The lowest BCUT2D eigenvalue weighted by Gasteiger charge is -2.35. The van der Waals surface area contributed by atoms with Crippen LogP contribution in [0.2, 0.25) is 5.02 Å². The fourth-order valence-electron chi connectivity index (χ4n) is 4.47. The van der Waals surface area contributed by atoms with Gasteiger partial charge < -0.3 is 9.84 Å². The maximum absolute atomic E-state index is 10.6. The lowest BCUT2D eigenvalue weighted by Crippen LogP contribution is -2.42. The van der Waals surface area contributed by atoms with Crippen LogP contribution in [-0.4, -0.2) is 35.3 Å². The Morgan fingerprint density at radius 3 is 2.67 bits per heavy atom. The standard InChI is InChI=1S/C22H23ClN2O2/c23-19-6-3-7-20(10-19)27-22-9-18-14-25(13-17(18)8-21(22)26)12-16-5-2-1-4-15(16)11-24/h1-7,10,17-18,21-22,26H,8-9,12-14H2/t17-,18+,21+,22+/m0/s1. The molecular formula is C22H23ClN2O2. The van der Waals surface area contributed by atoms with Crippen molar-refractivity contribution >= 4 is 11.6 Å². The molecule has 0 radical (unpaired) electrons. The van der Waals surface area contributed by atoms with Gasteiger partial charge in [0.1, 0.15) is 11.9 Å². The average molecular weight is 383 g/mol. The van der Waals surface area contributed by atoms with Crippen molar-refractivity contribution in [2.45, 2.75) is 31.6 Å². The van der Waals surface area contributed by atoms with Crippen molar-refractivity contribution in [2.75, 3.05) is 13.1 Å². The number of benzene rings is 2. The molecule has 1 saturated heterocycles. The molecular weight excluding hydrogens is 360 g/mol. The molecule has 27 heavy (non-hydrogen) atoms. The van der Waals surface area contributed by atoms with Crippen molar-refractivity contribution in [1.82, 2.24) is 4.90 Å². The van der Waals surface area contributed by atoms with E-state index in [1.54, 1.807) is 6.07 Å². The van der Waals surface area contributed by atoms with Crippen LogP contribution in [0.3, 0.4) is 0 Å². The van der Waals surface area contributed by atoms with Crippen molar-refractivity contribution in [3.8, 4) is 11.8 Å². The highest BCUT2D eigenvalue weighted by Gasteiger charge is 2.42. The molecule has 0 aromatic heterocycles. The lowest BCUT2D eigenvalue weighted by atomic mass is 9.78. The summed E-state index contributed by atoms with van der Waals surface area (Å²) < 4.78 is 6.05. The maximum atomic E-state index is 10.6. The van der Waals surface area contributed by atoms with Gasteiger partial charge in [-0.2, -0.15) is 5.26 Å². The molecule has 1 saturated carbocycles. The first-order chi connectivity index (χ1) is 13.1. The average Bonchev–Trinajstić information content (AvgIpc) is 3.03. The van der Waals surface area contributed by atoms with Gasteiger partial charge in [-0.25, -0.2) is 0 Å². The molecule has 4 rings (SSSR count). The molecule has 1 aliphatic carbocycles. The van der Waals surface area contributed by atoms with E-state index in [1.807, 2.05) is 42.5 Å². The zero-order valence-electron chi connectivity index (χ0n) is 15.1. The Morgan fingerprint density at radius 1 is 1.11 bits per heavy atom. The van der Waals surface area contributed by atoms with E-state index in [0.717, 1.165) is 43.6 Å². The van der Waals surface area contributed by atoms with Crippen molar-refractivity contribution < 1.29 is 9.84 Å². The topological polar surface area (TPSA) is 56.5 Å². The zero-order valence-corrected chi connectivity index (χ0v) is 15.8. The van der Waals surface area contributed by atoms with E-state index in [0.29, 0.717) is 22.6 Å². The van der Waals surface area contributed by atoms with Gasteiger partial charge in [-0.05, 0) is 54.5 Å². The predicted molar refractivity (Wildman–Crippen MR) is 105 cm³/mol. The largest absolute Gasteiger partial charge is 0.488 e. The predicted octanol–water partition coefficient (Wildman–Crippen LogP) is 3.86. The maximum Gasteiger partial charge on any atom is 0.125 e. The summed E-state index contributed by atoms with van der Waals surface area (Å²) in [5.41, 5.74) is 1.82. The Morgan fingerprint density at radius 2 is 1.89 bits per heavy atom. The van der Waals surface area contributed by atoms with Crippen LogP contribution in [0.5, 0.6) is 5.75 Å². The summed E-state index contributed by atoms with van der Waals surface area (Å²) >= 11 is 6.04. The van der Waals surface area contributed by atoms with Crippen LogP contribution in [0.15, 0.2) is 48.5 Å². The molecule has 0 amide bonds. The monoisotopic (exact) mass is 382 g/mol. The van der Waals surface area contributed by atoms with E-state index in [1.165, 1.54) is 0 Å². The smallest absolute Gasteiger partial charge is 0.125 e. The molecule has 140 valence electrons. The second kappa shape index (κ2) is 7.90. The highest BCUT2D eigenvalue weighted by molar-refractivity contribution is 6.30. The normalized spacial score (nSPS) is 27.7. The van der Waals surface area contributed by atoms with Crippen LogP contribution in [0.1, 0.15) is 24.0 Å². The number of fused-ring (bicyclic) bond motifs is 1. The van der Waals surface area contributed by atoms with E-state index in [9.17, 15) is 10.4 Å². The van der Waals surface area contributed by atoms with Crippen LogP contribution in [0.4, 0.5) is 0 Å². The number of hydrogen-bond acceptors (Lipinski definition) is 4. The Hall–Kier alpha value is -2.06. The van der Waals surface area contributed by atoms with Crippen LogP contribution in [0, 0.1) is 23.2 Å². The third-order valence-corrected chi connectivity index (χ3v) is 6.01. The van der Waals surface area contributed by atoms with E-state index >= 15 is 0 Å². The summed E-state index contributed by atoms with van der Waals surface area (Å²) in [6.45, 7) is 2.73. The number of halogens is 1. The molecule has 4 nitrogen and oxygen atoms in total. The molecule has 0 unspecified atom stereocenters. The van der Waals surface area contributed by atoms with E-state index in [4.69, 9.17) is 16.3 Å². The SMILES string of the molecule is N#Cc1ccccc1CN1C[C@H]2C[C@@H](Oc3cccc(Cl)c3)[C@H](O)C[C@H]2C1. The van der Waals surface area contributed by atoms with Crippen LogP contribution in [-0.2, 0) is 6.54 Å². The second-order valence-electron chi connectivity index (χ2n) is 7.64. The molecule has 1 N–H and O–H groups in total. The van der Waals surface area contributed by atoms with Crippen LogP contribution in [0.25, 0.3) is 0 Å². The number of aliphatic hydroxyl groups excluding tert-OH is 1. The summed E-state index contributed by atoms with van der Waals surface area (Å²) in [4.78, 5) is 2.40. The third-order valence-electron chi connectivity index (χ3n) is 5.78. The fourth-order valence-corrected chi connectivity index (χ4v) is 4.65. The number of likely N-dealkylation sites (tertiary alicyclic amines) is 1. The Balaban J connectivity index is 1.40. The molecule has 2 fully saturated rings. The first-order valence-corrected chi connectivity index (χ1v) is 9.81. The van der Waals surface area contributed by atoms with Crippen molar-refractivity contribution in [2.24, 2.45) is 11.8 Å². The molecule has 2 aromatic rings. The van der Waals surface area contributed by atoms with Gasteiger partial charge in [0.2, 0.25) is 0 Å². The number of nitriles is 1. The number of hydrogen-bond donors (Lipinski definition) is 1. The van der Waals surface area contributed by atoms with Gasteiger partial charge in [-0.15, -0.1) is 0 Å². The number of nitrogens with zero attached hydrogens (tertiary/aromatic N) is 2. The summed E-state index contributed by atoms with van der Waals surface area (Å²) in [5.74, 6) is 1.70. The number of ether oxygens (including phenoxy) is 1. The Labute approximate surface area is 164 Å². The summed E-state index contributed by atoms with van der Waals surface area (Å²) in [6, 6.07) is 17.4. The van der Waals surface area contributed by atoms with Crippen LogP contribution >= 0.6 is 11.6 Å². The quantitative estimate of drug-likeness (QED) is 0.872. The molecule has 5 heteroatoms. The van der Waals surface area contributed by atoms with E-state index in [-0.39, 0.29) is 6.10 Å². The van der Waals surface area contributed by atoms with Gasteiger partial charge in [-0.1, -0.05) is 35.9 Å². The second-order valence-corrected chi connectivity index (χ2v) is 8.07. The van der Waals surface area contributed by atoms with Crippen molar-refractivity contribution in [3.63, 3.8) is 0 Å². The molecule has 0 bridgehead atoms. The molecule has 0 spiro atoms. The third kappa shape index (κ3) is 4.11. The first-order valence-electron chi connectivity index (χ1n) is 9.43. The van der Waals surface area contributed by atoms with Gasteiger partial charge in [0.25, 0.3) is 0 Å². The molecule has 1 heterocycles. The summed E-state index contributed by atoms with van der Waals surface area (Å²) in [5, 5.41) is 20.5. The highest BCUT2D eigenvalue weighted by Crippen LogP contribution is 2.38. The summed E-state index contributed by atoms with van der Waals surface area (Å²) in [6.07, 6.45) is 0.939. The molecule has 1 aliphatic heterocycles. The minimum atomic E-state index is -0.462. The highest BCUT2D eigenvalue weighted by atomic mass is 35.5. The Kier molecular flexibility index (Phi) is 5.36. The fraction of sp³-hybridized carbons (Fsp3) is 0.409. The van der Waals surface area contributed by atoms with Gasteiger partial charge in [0.05, 0.1) is 17.7 Å². The molecule has 2 aromatic carbocycles. The van der Waals surface area contributed by atoms with Gasteiger partial charge in [0, 0.05) is 24.7 Å². The van der Waals surface area contributed by atoms with E-state index < -0.39 is 6.10 Å². The first kappa shape index (κ1) is 18.3. The van der Waals surface area contributed by atoms with Gasteiger partial charge >= 0.3 is 0 Å². The van der Waals surface area contributed by atoms with Gasteiger partial charge in [-0.3, -0.25) is 4.90 Å². The van der Waals surface area contributed by atoms with E-state index in [2.05, 4.69) is 11.0 Å². The minimum Gasteiger partial charge on any atom is -0.488 e. The number of rotatable bonds is 4. The lowest BCUT2D eigenvalue weighted by molar-refractivity contribution is -0.0231. The van der Waals surface area contributed by atoms with Crippen LogP contribution < -0.4 is 4.74 Å².